The van der Waals surface area contributed by atoms with Crippen molar-refractivity contribution < 1.29 is 4.92 Å². The molecule has 1 unspecified atom stereocenters. The van der Waals surface area contributed by atoms with Gasteiger partial charge in [-0.05, 0) is 45.0 Å². The molecular weight excluding hydrogens is 256 g/mol. The van der Waals surface area contributed by atoms with E-state index in [0.29, 0.717) is 24.0 Å². The van der Waals surface area contributed by atoms with E-state index in [1.165, 1.54) is 12.8 Å². The fourth-order valence-corrected chi connectivity index (χ4v) is 2.65. The van der Waals surface area contributed by atoms with Crippen molar-refractivity contribution in [2.75, 3.05) is 37.3 Å². The summed E-state index contributed by atoms with van der Waals surface area (Å²) in [4.78, 5) is 13.3. The Balaban J connectivity index is 2.06. The number of nitro groups is 1. The van der Waals surface area contributed by atoms with Crippen molar-refractivity contribution in [1.82, 2.24) is 4.90 Å². The second-order valence-corrected chi connectivity index (χ2v) is 5.18. The number of hydrogen-bond acceptors (Lipinski definition) is 5. The zero-order chi connectivity index (χ0) is 14.5. The molecule has 1 aliphatic heterocycles. The SMILES string of the molecule is CNc1cccc(NCC(C)N2CCCC2)c1[N+](=O)[O-]. The molecule has 1 atom stereocenters. The van der Waals surface area contributed by atoms with Gasteiger partial charge in [0, 0.05) is 19.6 Å². The molecule has 0 radical (unpaired) electrons. The van der Waals surface area contributed by atoms with Crippen LogP contribution in [0.2, 0.25) is 0 Å². The summed E-state index contributed by atoms with van der Waals surface area (Å²) in [6, 6.07) is 5.68. The number of likely N-dealkylation sites (tertiary alicyclic amines) is 1. The predicted octanol–water partition coefficient (Wildman–Crippen LogP) is 2.53. The molecule has 1 aliphatic rings. The van der Waals surface area contributed by atoms with Gasteiger partial charge in [-0.1, -0.05) is 6.07 Å². The summed E-state index contributed by atoms with van der Waals surface area (Å²) < 4.78 is 0. The van der Waals surface area contributed by atoms with Crippen LogP contribution >= 0.6 is 0 Å². The van der Waals surface area contributed by atoms with Gasteiger partial charge in [-0.15, -0.1) is 0 Å². The van der Waals surface area contributed by atoms with Crippen LogP contribution in [0.4, 0.5) is 17.1 Å². The Kier molecular flexibility index (Phi) is 4.79. The topological polar surface area (TPSA) is 70.4 Å². The fourth-order valence-electron chi connectivity index (χ4n) is 2.65. The van der Waals surface area contributed by atoms with Gasteiger partial charge in [0.2, 0.25) is 0 Å². The standard InChI is InChI=1S/C14H22N4O2/c1-11(17-8-3-4-9-17)10-16-13-7-5-6-12(15-2)14(13)18(19)20/h5-7,11,15-16H,3-4,8-10H2,1-2H3. The average Bonchev–Trinajstić information content (AvgIpc) is 2.98. The zero-order valence-electron chi connectivity index (χ0n) is 12.1. The molecule has 1 saturated heterocycles. The van der Waals surface area contributed by atoms with Crippen LogP contribution in [0.3, 0.4) is 0 Å². The van der Waals surface area contributed by atoms with Crippen LogP contribution in [0.1, 0.15) is 19.8 Å². The number of anilines is 2. The summed E-state index contributed by atoms with van der Waals surface area (Å²) in [6.07, 6.45) is 2.50. The molecule has 0 spiro atoms. The van der Waals surface area contributed by atoms with Gasteiger partial charge in [0.15, 0.2) is 0 Å². The Labute approximate surface area is 119 Å². The van der Waals surface area contributed by atoms with E-state index in [4.69, 9.17) is 0 Å². The highest BCUT2D eigenvalue weighted by Crippen LogP contribution is 2.32. The summed E-state index contributed by atoms with van der Waals surface area (Å²) in [5.41, 5.74) is 1.23. The molecule has 6 heteroatoms. The summed E-state index contributed by atoms with van der Waals surface area (Å²) in [5.74, 6) is 0. The second-order valence-electron chi connectivity index (χ2n) is 5.18. The van der Waals surface area contributed by atoms with Gasteiger partial charge in [-0.3, -0.25) is 15.0 Å². The van der Waals surface area contributed by atoms with Crippen LogP contribution in [0.25, 0.3) is 0 Å². The van der Waals surface area contributed by atoms with E-state index < -0.39 is 0 Å². The van der Waals surface area contributed by atoms with E-state index in [-0.39, 0.29) is 10.6 Å². The van der Waals surface area contributed by atoms with E-state index in [2.05, 4.69) is 22.5 Å². The molecule has 20 heavy (non-hydrogen) atoms. The maximum atomic E-state index is 11.2. The van der Waals surface area contributed by atoms with Crippen LogP contribution < -0.4 is 10.6 Å². The lowest BCUT2D eigenvalue weighted by Crippen LogP contribution is -2.35. The minimum Gasteiger partial charge on any atom is -0.382 e. The van der Waals surface area contributed by atoms with E-state index in [1.807, 2.05) is 6.07 Å². The van der Waals surface area contributed by atoms with Crippen LogP contribution in [-0.2, 0) is 0 Å². The number of rotatable bonds is 6. The molecule has 0 aliphatic carbocycles. The number of nitrogens with zero attached hydrogens (tertiary/aromatic N) is 2. The number of hydrogen-bond donors (Lipinski definition) is 2. The molecule has 1 aromatic rings. The van der Waals surface area contributed by atoms with Crippen molar-refractivity contribution in [2.24, 2.45) is 0 Å². The third-order valence-corrected chi connectivity index (χ3v) is 3.84. The van der Waals surface area contributed by atoms with Crippen molar-refractivity contribution in [3.05, 3.63) is 28.3 Å². The average molecular weight is 278 g/mol. The lowest BCUT2D eigenvalue weighted by Gasteiger charge is -2.24. The Bertz CT molecular complexity index is 472. The van der Waals surface area contributed by atoms with Gasteiger partial charge in [0.1, 0.15) is 11.4 Å². The van der Waals surface area contributed by atoms with Crippen LogP contribution in [0.5, 0.6) is 0 Å². The molecule has 0 bridgehead atoms. The van der Waals surface area contributed by atoms with Gasteiger partial charge in [0.05, 0.1) is 4.92 Å². The van der Waals surface area contributed by atoms with Gasteiger partial charge < -0.3 is 10.6 Å². The van der Waals surface area contributed by atoms with Gasteiger partial charge in [-0.25, -0.2) is 0 Å². The molecule has 1 aromatic carbocycles. The van der Waals surface area contributed by atoms with Crippen molar-refractivity contribution in [3.63, 3.8) is 0 Å². The van der Waals surface area contributed by atoms with Crippen molar-refractivity contribution in [1.29, 1.82) is 0 Å². The van der Waals surface area contributed by atoms with E-state index in [0.717, 1.165) is 13.1 Å². The molecule has 1 fully saturated rings. The third-order valence-electron chi connectivity index (χ3n) is 3.84. The number of nitrogens with one attached hydrogen (secondary N) is 2. The summed E-state index contributed by atoms with van der Waals surface area (Å²) in [5, 5.41) is 17.3. The Morgan fingerprint density at radius 2 is 2.00 bits per heavy atom. The molecule has 0 aromatic heterocycles. The number of benzene rings is 1. The number of para-hydroxylation sites is 1. The normalized spacial score (nSPS) is 16.9. The van der Waals surface area contributed by atoms with Gasteiger partial charge >= 0.3 is 5.69 Å². The van der Waals surface area contributed by atoms with E-state index in [1.54, 1.807) is 19.2 Å². The fraction of sp³-hybridized carbons (Fsp3) is 0.571. The summed E-state index contributed by atoms with van der Waals surface area (Å²) >= 11 is 0. The lowest BCUT2D eigenvalue weighted by molar-refractivity contribution is -0.383. The molecular formula is C14H22N4O2. The van der Waals surface area contributed by atoms with E-state index >= 15 is 0 Å². The minimum atomic E-state index is -0.339. The zero-order valence-corrected chi connectivity index (χ0v) is 12.1. The number of nitro benzene ring substituents is 1. The largest absolute Gasteiger partial charge is 0.382 e. The molecule has 1 heterocycles. The van der Waals surface area contributed by atoms with Gasteiger partial charge in [-0.2, -0.15) is 0 Å². The van der Waals surface area contributed by atoms with Crippen molar-refractivity contribution >= 4 is 17.1 Å². The quantitative estimate of drug-likeness (QED) is 0.618. The lowest BCUT2D eigenvalue weighted by atomic mass is 10.2. The first-order valence-corrected chi connectivity index (χ1v) is 7.06. The highest BCUT2D eigenvalue weighted by molar-refractivity contribution is 5.76. The molecule has 6 nitrogen and oxygen atoms in total. The molecule has 0 saturated carbocycles. The second kappa shape index (κ2) is 6.56. The van der Waals surface area contributed by atoms with Crippen LogP contribution in [-0.4, -0.2) is 42.5 Å². The first-order chi connectivity index (χ1) is 9.63. The maximum absolute atomic E-state index is 11.2. The maximum Gasteiger partial charge on any atom is 0.315 e. The smallest absolute Gasteiger partial charge is 0.315 e. The van der Waals surface area contributed by atoms with Crippen LogP contribution in [0.15, 0.2) is 18.2 Å². The first kappa shape index (κ1) is 14.6. The third kappa shape index (κ3) is 3.19. The highest BCUT2D eigenvalue weighted by Gasteiger charge is 2.21. The summed E-state index contributed by atoms with van der Waals surface area (Å²) in [7, 11) is 1.69. The predicted molar refractivity (Wildman–Crippen MR) is 81.4 cm³/mol. The molecule has 2 N–H and O–H groups in total. The molecule has 2 rings (SSSR count). The Morgan fingerprint density at radius 3 is 2.60 bits per heavy atom. The molecule has 0 amide bonds. The monoisotopic (exact) mass is 278 g/mol. The molecule has 110 valence electrons. The minimum absolute atomic E-state index is 0.114. The van der Waals surface area contributed by atoms with E-state index in [9.17, 15) is 10.1 Å². The van der Waals surface area contributed by atoms with Gasteiger partial charge in [0.25, 0.3) is 0 Å². The first-order valence-electron chi connectivity index (χ1n) is 7.06. The summed E-state index contributed by atoms with van der Waals surface area (Å²) in [6.45, 7) is 5.13. The van der Waals surface area contributed by atoms with Crippen molar-refractivity contribution in [3.8, 4) is 0 Å². The highest BCUT2D eigenvalue weighted by atomic mass is 16.6. The van der Waals surface area contributed by atoms with Crippen LogP contribution in [0, 0.1) is 10.1 Å². The van der Waals surface area contributed by atoms with Crippen molar-refractivity contribution in [2.45, 2.75) is 25.8 Å². The Hall–Kier alpha value is -1.82. The Morgan fingerprint density at radius 1 is 1.35 bits per heavy atom.